The van der Waals surface area contributed by atoms with Gasteiger partial charge in [0.1, 0.15) is 0 Å². The maximum Gasteiger partial charge on any atom is 0.227 e. The average molecular weight is 278 g/mol. The molecule has 1 saturated heterocycles. The summed E-state index contributed by atoms with van der Waals surface area (Å²) in [6.45, 7) is 7.12. The van der Waals surface area contributed by atoms with Gasteiger partial charge in [0.25, 0.3) is 0 Å². The second-order valence-corrected chi connectivity index (χ2v) is 6.51. The van der Waals surface area contributed by atoms with Crippen LogP contribution in [0.1, 0.15) is 27.2 Å². The van der Waals surface area contributed by atoms with Crippen molar-refractivity contribution in [1.29, 1.82) is 0 Å². The first kappa shape index (κ1) is 14.3. The lowest BCUT2D eigenvalue weighted by Crippen LogP contribution is -2.30. The van der Waals surface area contributed by atoms with Crippen LogP contribution in [0.25, 0.3) is 0 Å². The van der Waals surface area contributed by atoms with E-state index in [0.717, 1.165) is 23.7 Å². The van der Waals surface area contributed by atoms with Crippen LogP contribution < -0.4 is 10.2 Å². The molecule has 2 rings (SSSR count). The molecule has 3 nitrogen and oxygen atoms in total. The quantitative estimate of drug-likeness (QED) is 0.832. The van der Waals surface area contributed by atoms with Gasteiger partial charge >= 0.3 is 0 Å². The number of nitrogens with one attached hydrogen (secondary N) is 1. The molecule has 19 heavy (non-hydrogen) atoms. The van der Waals surface area contributed by atoms with Crippen molar-refractivity contribution >= 4 is 29.9 Å². The van der Waals surface area contributed by atoms with Crippen LogP contribution in [0.5, 0.6) is 0 Å². The van der Waals surface area contributed by atoms with Crippen molar-refractivity contribution in [1.82, 2.24) is 0 Å². The Morgan fingerprint density at radius 3 is 2.63 bits per heavy atom. The zero-order valence-corrected chi connectivity index (χ0v) is 12.7. The zero-order valence-electron chi connectivity index (χ0n) is 11.8. The zero-order chi connectivity index (χ0) is 14.0. The number of amides is 1. The molecule has 4 heteroatoms. The van der Waals surface area contributed by atoms with Gasteiger partial charge in [0.2, 0.25) is 5.91 Å². The maximum absolute atomic E-state index is 12.1. The molecule has 1 aromatic carbocycles. The van der Waals surface area contributed by atoms with Gasteiger partial charge in [0.15, 0.2) is 0 Å². The number of hydrogen-bond acceptors (Lipinski definition) is 3. The van der Waals surface area contributed by atoms with Crippen molar-refractivity contribution in [3.8, 4) is 0 Å². The van der Waals surface area contributed by atoms with Crippen molar-refractivity contribution in [2.75, 3.05) is 22.5 Å². The second kappa shape index (κ2) is 5.45. The Balaban J connectivity index is 2.27. The molecule has 1 unspecified atom stereocenters. The summed E-state index contributed by atoms with van der Waals surface area (Å²) in [6, 6.07) is 8.01. The fourth-order valence-electron chi connectivity index (χ4n) is 2.36. The highest BCUT2D eigenvalue weighted by molar-refractivity contribution is 7.80. The Morgan fingerprint density at radius 1 is 1.37 bits per heavy atom. The molecule has 1 heterocycles. The summed E-state index contributed by atoms with van der Waals surface area (Å²) in [7, 11) is 0. The molecule has 1 aliphatic rings. The fourth-order valence-corrected chi connectivity index (χ4v) is 2.60. The smallest absolute Gasteiger partial charge is 0.227 e. The van der Waals surface area contributed by atoms with Gasteiger partial charge in [-0.3, -0.25) is 4.79 Å². The normalized spacial score (nSPS) is 19.9. The Morgan fingerprint density at radius 2 is 2.05 bits per heavy atom. The lowest BCUT2D eigenvalue weighted by Gasteiger charge is -2.27. The van der Waals surface area contributed by atoms with E-state index in [-0.39, 0.29) is 11.4 Å². The number of rotatable bonds is 3. The second-order valence-electron chi connectivity index (χ2n) is 6.15. The van der Waals surface area contributed by atoms with Crippen LogP contribution in [0.3, 0.4) is 0 Å². The monoisotopic (exact) mass is 278 g/mol. The standard InChI is InChI=1S/C15H22N2OS/c1-15(2,3)16-12-6-4-5-7-13(12)17-9-11(10-19)8-14(17)18/h4-7,11,16,19H,8-10H2,1-3H3. The molecule has 1 atom stereocenters. The summed E-state index contributed by atoms with van der Waals surface area (Å²) in [5.74, 6) is 1.32. The van der Waals surface area contributed by atoms with Gasteiger partial charge in [-0.25, -0.2) is 0 Å². The molecule has 1 N–H and O–H groups in total. The van der Waals surface area contributed by atoms with E-state index in [1.165, 1.54) is 0 Å². The predicted molar refractivity (Wildman–Crippen MR) is 84.1 cm³/mol. The molecule has 0 bridgehead atoms. The number of nitrogens with zero attached hydrogens (tertiary/aromatic N) is 1. The molecule has 104 valence electrons. The van der Waals surface area contributed by atoms with E-state index in [0.29, 0.717) is 12.3 Å². The first-order chi connectivity index (χ1) is 8.90. The number of hydrogen-bond donors (Lipinski definition) is 2. The highest BCUT2D eigenvalue weighted by atomic mass is 32.1. The molecule has 1 aromatic rings. The maximum atomic E-state index is 12.1. The fraction of sp³-hybridized carbons (Fsp3) is 0.533. The Labute approximate surface area is 120 Å². The van der Waals surface area contributed by atoms with Gasteiger partial charge in [-0.1, -0.05) is 12.1 Å². The van der Waals surface area contributed by atoms with Crippen LogP contribution in [0.4, 0.5) is 11.4 Å². The van der Waals surface area contributed by atoms with Gasteiger partial charge in [0.05, 0.1) is 11.4 Å². The van der Waals surface area contributed by atoms with Gasteiger partial charge in [-0.05, 0) is 44.6 Å². The van der Waals surface area contributed by atoms with Crippen molar-refractivity contribution in [3.63, 3.8) is 0 Å². The third kappa shape index (κ3) is 3.44. The van der Waals surface area contributed by atoms with Crippen LogP contribution in [-0.2, 0) is 4.79 Å². The number of para-hydroxylation sites is 2. The summed E-state index contributed by atoms with van der Waals surface area (Å²) in [5, 5.41) is 3.47. The average Bonchev–Trinajstić information content (AvgIpc) is 2.69. The highest BCUT2D eigenvalue weighted by Gasteiger charge is 2.31. The Bertz CT molecular complexity index is 467. The molecule has 0 saturated carbocycles. The summed E-state index contributed by atoms with van der Waals surface area (Å²) < 4.78 is 0. The number of carbonyl (C=O) groups excluding carboxylic acids is 1. The summed E-state index contributed by atoms with van der Waals surface area (Å²) in [4.78, 5) is 14.0. The SMILES string of the molecule is CC(C)(C)Nc1ccccc1N1CC(CS)CC1=O. The van der Waals surface area contributed by atoms with Gasteiger partial charge in [0, 0.05) is 18.5 Å². The molecule has 1 fully saturated rings. The van der Waals surface area contributed by atoms with Crippen LogP contribution in [0, 0.1) is 5.92 Å². The summed E-state index contributed by atoms with van der Waals surface area (Å²) in [6.07, 6.45) is 0.605. The molecule has 0 radical (unpaired) electrons. The van der Waals surface area contributed by atoms with E-state index in [1.807, 2.05) is 29.2 Å². The van der Waals surface area contributed by atoms with Crippen LogP contribution >= 0.6 is 12.6 Å². The lowest BCUT2D eigenvalue weighted by molar-refractivity contribution is -0.117. The number of thiol groups is 1. The predicted octanol–water partition coefficient (Wildman–Crippen LogP) is 3.18. The first-order valence-electron chi connectivity index (χ1n) is 6.69. The van der Waals surface area contributed by atoms with Crippen molar-refractivity contribution in [2.45, 2.75) is 32.7 Å². The first-order valence-corrected chi connectivity index (χ1v) is 7.32. The topological polar surface area (TPSA) is 32.3 Å². The third-order valence-electron chi connectivity index (χ3n) is 3.17. The largest absolute Gasteiger partial charge is 0.379 e. The molecule has 0 aromatic heterocycles. The molecular formula is C15H22N2OS. The summed E-state index contributed by atoms with van der Waals surface area (Å²) >= 11 is 4.31. The number of carbonyl (C=O) groups is 1. The molecule has 0 aliphatic carbocycles. The van der Waals surface area contributed by atoms with E-state index in [2.05, 4.69) is 38.7 Å². The highest BCUT2D eigenvalue weighted by Crippen LogP contribution is 2.33. The lowest BCUT2D eigenvalue weighted by atomic mass is 10.1. The molecule has 1 amide bonds. The summed E-state index contributed by atoms with van der Waals surface area (Å²) in [5.41, 5.74) is 1.97. The van der Waals surface area contributed by atoms with E-state index in [9.17, 15) is 4.79 Å². The van der Waals surface area contributed by atoms with Crippen LogP contribution in [0.2, 0.25) is 0 Å². The minimum atomic E-state index is -0.0260. The van der Waals surface area contributed by atoms with Gasteiger partial charge in [-0.15, -0.1) is 0 Å². The van der Waals surface area contributed by atoms with E-state index in [1.54, 1.807) is 0 Å². The number of benzene rings is 1. The Kier molecular flexibility index (Phi) is 4.09. The molecular weight excluding hydrogens is 256 g/mol. The molecule has 1 aliphatic heterocycles. The van der Waals surface area contributed by atoms with Crippen LogP contribution in [0.15, 0.2) is 24.3 Å². The minimum absolute atomic E-state index is 0.0260. The van der Waals surface area contributed by atoms with E-state index >= 15 is 0 Å². The third-order valence-corrected chi connectivity index (χ3v) is 3.68. The number of anilines is 2. The van der Waals surface area contributed by atoms with Gasteiger partial charge in [-0.2, -0.15) is 12.6 Å². The van der Waals surface area contributed by atoms with Crippen molar-refractivity contribution in [3.05, 3.63) is 24.3 Å². The van der Waals surface area contributed by atoms with E-state index in [4.69, 9.17) is 0 Å². The molecule has 0 spiro atoms. The van der Waals surface area contributed by atoms with Crippen LogP contribution in [-0.4, -0.2) is 23.7 Å². The van der Waals surface area contributed by atoms with E-state index < -0.39 is 0 Å². The van der Waals surface area contributed by atoms with Gasteiger partial charge < -0.3 is 10.2 Å². The van der Waals surface area contributed by atoms with Crippen molar-refractivity contribution in [2.24, 2.45) is 5.92 Å². The minimum Gasteiger partial charge on any atom is -0.379 e. The Hall–Kier alpha value is -1.16. The van der Waals surface area contributed by atoms with Crippen molar-refractivity contribution < 1.29 is 4.79 Å².